The van der Waals surface area contributed by atoms with E-state index in [1.54, 1.807) is 22.3 Å². The quantitative estimate of drug-likeness (QED) is 0.105. The fourth-order valence-corrected chi connectivity index (χ4v) is 17.4. The molecule has 0 aliphatic heterocycles. The molecule has 2 radical (unpaired) electrons. The van der Waals surface area contributed by atoms with Crippen LogP contribution >= 0.6 is 24.8 Å². The van der Waals surface area contributed by atoms with Gasteiger partial charge in [0.2, 0.25) is 0 Å². The van der Waals surface area contributed by atoms with E-state index < -0.39 is 0 Å². The smallest absolute Gasteiger partial charge is 0.00391 e. The van der Waals surface area contributed by atoms with Gasteiger partial charge in [0.05, 0.1) is 0 Å². The monoisotopic (exact) mass is 1060 g/mol. The third kappa shape index (κ3) is 11.1. The van der Waals surface area contributed by atoms with E-state index in [9.17, 15) is 0 Å². The van der Waals surface area contributed by atoms with Gasteiger partial charge in [-0.2, -0.15) is 18.6 Å². The Morgan fingerprint density at radius 1 is 0.500 bits per heavy atom. The van der Waals surface area contributed by atoms with Crippen molar-refractivity contribution >= 4 is 53.2 Å². The molecule has 6 aromatic carbocycles. The number of fused-ring (bicyclic) bond motifs is 2. The molecule has 10 saturated carbocycles. The number of halogens is 2. The van der Waals surface area contributed by atoms with E-state index in [1.807, 2.05) is 6.92 Å². The maximum atomic E-state index is 3.49. The van der Waals surface area contributed by atoms with Gasteiger partial charge in [-0.3, -0.25) is 0 Å². The van der Waals surface area contributed by atoms with Crippen LogP contribution in [-0.2, 0) is 47.0 Å². The summed E-state index contributed by atoms with van der Waals surface area (Å²) in [6.07, 6.45) is 32.9. The summed E-state index contributed by atoms with van der Waals surface area (Å²) in [5.41, 5.74) is 13.1. The van der Waals surface area contributed by atoms with Gasteiger partial charge >= 0.3 is 30.2 Å². The molecule has 8 bridgehead atoms. The molecule has 10 fully saturated rings. The third-order valence-electron chi connectivity index (χ3n) is 19.3. The van der Waals surface area contributed by atoms with Crippen molar-refractivity contribution in [3.8, 4) is 22.3 Å². The first kappa shape index (κ1) is 54.1. The van der Waals surface area contributed by atoms with Gasteiger partial charge in [-0.05, 0) is 170 Å². The van der Waals surface area contributed by atoms with E-state index in [0.717, 1.165) is 53.8 Å². The van der Waals surface area contributed by atoms with E-state index in [-0.39, 0.29) is 32.2 Å². The second-order valence-electron chi connectivity index (χ2n) is 24.1. The van der Waals surface area contributed by atoms with Gasteiger partial charge < -0.3 is 14.4 Å². The summed E-state index contributed by atoms with van der Waals surface area (Å²) in [5, 5.41) is 5.77. The third-order valence-corrected chi connectivity index (χ3v) is 19.3. The number of benzene rings is 4. The SMILES string of the molecule is Cl.Cl.[CH2-]CC.[CH3-].[Si]=[Zr].c1cc(-c2ccc(C34CC5CC(CC(C5)C3)C4)cc2)c2cc(CC3CCCC3)[cH-]c2c1.c1cc(-c2ccc(C34CC5CC(CC(C5)C3)C4)cc2)c2cc(CC3CCCC3)[cH-]c2c1. The molecule has 0 atom stereocenters. The van der Waals surface area contributed by atoms with E-state index in [0.29, 0.717) is 10.8 Å². The van der Waals surface area contributed by atoms with E-state index in [1.165, 1.54) is 208 Å². The molecule has 372 valence electrons. The first-order valence-electron chi connectivity index (χ1n) is 27.5. The molecule has 0 unspecified atom stereocenters. The summed E-state index contributed by atoms with van der Waals surface area (Å²) in [5.74, 6) is 7.93. The van der Waals surface area contributed by atoms with Crippen LogP contribution in [0.2, 0.25) is 0 Å². The van der Waals surface area contributed by atoms with E-state index in [4.69, 9.17) is 0 Å². The minimum Gasteiger partial charge on any atom is -0.164 e. The predicted octanol–water partition coefficient (Wildman–Crippen LogP) is 19.0. The van der Waals surface area contributed by atoms with Gasteiger partial charge in [-0.15, -0.1) is 93.9 Å². The standard InChI is InChI=1S/2C31H35.C3H7.CH3.2ClH.Si.Zr/c2*1-2-5-21(4-1)12-22-16-27-6-3-7-29(30(27)17-22)26-8-10-28(11-9-26)31-18-23-13-24(19-31)15-25(14-23)20-31;1-3-2;;;;;/h2*3,6-11,16-17,21,23-25H,1-2,4-5,12-15,18-20H2;1,3H2,2H3;1H3;2*1H;;/q4*-1;;;;. The summed E-state index contributed by atoms with van der Waals surface area (Å²) in [6, 6.07) is 43.5. The number of hydrogen-bond donors (Lipinski definition) is 0. The largest absolute Gasteiger partial charge is 0.164 e. The van der Waals surface area contributed by atoms with E-state index >= 15 is 0 Å². The maximum Gasteiger partial charge on any atom is -0.00391 e. The molecular weight excluding hydrogens is 983 g/mol. The van der Waals surface area contributed by atoms with Crippen LogP contribution in [0.4, 0.5) is 0 Å². The average Bonchev–Trinajstić information content (AvgIpc) is 4.18. The van der Waals surface area contributed by atoms with Gasteiger partial charge in [-0.25, -0.2) is 0 Å². The maximum absolute atomic E-state index is 3.49. The van der Waals surface area contributed by atoms with Gasteiger partial charge in [0.1, 0.15) is 0 Å². The zero-order valence-electron chi connectivity index (χ0n) is 42.8. The molecule has 0 spiro atoms. The molecule has 0 saturated heterocycles. The molecule has 0 N–H and O–H groups in total. The number of hydrogen-bond acceptors (Lipinski definition) is 0. The minimum atomic E-state index is 0. The summed E-state index contributed by atoms with van der Waals surface area (Å²) in [7, 11) is 0. The second kappa shape index (κ2) is 23.5. The van der Waals surface area contributed by atoms with Crippen LogP contribution in [0.15, 0.2) is 109 Å². The summed E-state index contributed by atoms with van der Waals surface area (Å²) in [4.78, 5) is 0. The summed E-state index contributed by atoms with van der Waals surface area (Å²) < 4.78 is 0. The van der Waals surface area contributed by atoms with Gasteiger partial charge in [0.25, 0.3) is 0 Å². The molecule has 0 aromatic heterocycles. The topological polar surface area (TPSA) is 0 Å². The van der Waals surface area contributed by atoms with Crippen LogP contribution in [-0.4, -0.2) is 6.88 Å². The van der Waals surface area contributed by atoms with Crippen molar-refractivity contribution in [1.82, 2.24) is 0 Å². The van der Waals surface area contributed by atoms with Crippen molar-refractivity contribution in [3.63, 3.8) is 0 Å². The molecule has 0 amide bonds. The van der Waals surface area contributed by atoms with Crippen molar-refractivity contribution in [3.05, 3.63) is 146 Å². The normalized spacial score (nSPS) is 28.9. The molecule has 16 rings (SSSR count). The van der Waals surface area contributed by atoms with Crippen LogP contribution in [0.5, 0.6) is 0 Å². The Balaban J connectivity index is 0.000000166. The van der Waals surface area contributed by atoms with Crippen LogP contribution in [0, 0.1) is 61.7 Å². The molecule has 70 heavy (non-hydrogen) atoms. The van der Waals surface area contributed by atoms with Gasteiger partial charge in [-0.1, -0.05) is 130 Å². The first-order chi connectivity index (χ1) is 32.9. The van der Waals surface area contributed by atoms with Gasteiger partial charge in [0.15, 0.2) is 0 Å². The van der Waals surface area contributed by atoms with Crippen LogP contribution in [0.1, 0.15) is 164 Å². The van der Waals surface area contributed by atoms with Crippen molar-refractivity contribution in [2.75, 3.05) is 0 Å². The van der Waals surface area contributed by atoms with Gasteiger partial charge in [0, 0.05) is 0 Å². The zero-order valence-corrected chi connectivity index (χ0v) is 47.9. The van der Waals surface area contributed by atoms with Crippen LogP contribution in [0.25, 0.3) is 43.8 Å². The molecule has 4 heteroatoms. The van der Waals surface area contributed by atoms with Crippen molar-refractivity contribution in [1.29, 1.82) is 0 Å². The minimum absolute atomic E-state index is 0. The molecule has 0 heterocycles. The Kier molecular flexibility index (Phi) is 18.2. The molecular formula is C66H82Cl2SiZr-4. The Labute approximate surface area is 453 Å². The summed E-state index contributed by atoms with van der Waals surface area (Å²) in [6.45, 7) is 8.56. The predicted molar refractivity (Wildman–Crippen MR) is 303 cm³/mol. The second-order valence-corrected chi connectivity index (χ2v) is 24.1. The summed E-state index contributed by atoms with van der Waals surface area (Å²) >= 11 is 1.36. The first-order valence-corrected chi connectivity index (χ1v) is 31.7. The average molecular weight is 1070 g/mol. The fraction of sp³-hybridized carbons (Fsp3) is 0.515. The Bertz CT molecular complexity index is 2350. The van der Waals surface area contributed by atoms with E-state index in [2.05, 4.69) is 123 Å². The fourth-order valence-electron chi connectivity index (χ4n) is 17.4. The number of rotatable bonds is 8. The van der Waals surface area contributed by atoms with Crippen molar-refractivity contribution < 1.29 is 23.3 Å². The van der Waals surface area contributed by atoms with Crippen LogP contribution in [0.3, 0.4) is 0 Å². The van der Waals surface area contributed by atoms with Crippen molar-refractivity contribution in [2.24, 2.45) is 47.3 Å². The molecule has 0 nitrogen and oxygen atoms in total. The van der Waals surface area contributed by atoms with Crippen molar-refractivity contribution in [2.45, 2.75) is 165 Å². The zero-order chi connectivity index (χ0) is 45.5. The Morgan fingerprint density at radius 3 is 1.10 bits per heavy atom. The Hall–Kier alpha value is -2.22. The Morgan fingerprint density at radius 2 is 0.800 bits per heavy atom. The molecule has 10 aliphatic carbocycles. The molecule has 6 aromatic rings. The van der Waals surface area contributed by atoms with Crippen LogP contribution < -0.4 is 0 Å². The molecule has 10 aliphatic rings.